The number of pyridine rings is 1. The molecule has 0 N–H and O–H groups in total. The predicted molar refractivity (Wildman–Crippen MR) is 65.1 cm³/mol. The fourth-order valence-electron chi connectivity index (χ4n) is 1.58. The van der Waals surface area contributed by atoms with E-state index in [1.807, 2.05) is 0 Å². The summed E-state index contributed by atoms with van der Waals surface area (Å²) in [7, 11) is -3.88. The van der Waals surface area contributed by atoms with Crippen molar-refractivity contribution in [1.82, 2.24) is 9.29 Å². The van der Waals surface area contributed by atoms with Crippen LogP contribution < -0.4 is 0 Å². The molecule has 0 unspecified atom stereocenters. The summed E-state index contributed by atoms with van der Waals surface area (Å²) in [4.78, 5) is 15.1. The van der Waals surface area contributed by atoms with Crippen LogP contribution in [-0.2, 0) is 14.8 Å². The molecule has 1 aliphatic rings. The Morgan fingerprint density at radius 3 is 2.76 bits per heavy atom. The number of hydrogen-bond donors (Lipinski definition) is 0. The van der Waals surface area contributed by atoms with Crippen LogP contribution in [0.4, 0.5) is 0 Å². The molecular weight excluding hydrogens is 332 g/mol. The lowest BCUT2D eigenvalue weighted by molar-refractivity contribution is -0.123. The molecule has 1 aromatic rings. The van der Waals surface area contributed by atoms with Crippen molar-refractivity contribution >= 4 is 43.5 Å². The van der Waals surface area contributed by atoms with Crippen LogP contribution in [0.2, 0.25) is 5.15 Å². The fourth-order valence-corrected chi connectivity index (χ4v) is 3.97. The molecule has 1 aromatic heterocycles. The summed E-state index contributed by atoms with van der Waals surface area (Å²) in [6.07, 6.45) is 2.18. The maximum Gasteiger partial charge on any atom is 0.269 e. The van der Waals surface area contributed by atoms with Crippen LogP contribution in [0.1, 0.15) is 12.8 Å². The van der Waals surface area contributed by atoms with Crippen LogP contribution in [-0.4, -0.2) is 30.2 Å². The average molecular weight is 340 g/mol. The maximum absolute atomic E-state index is 12.2. The van der Waals surface area contributed by atoms with Gasteiger partial charge >= 0.3 is 0 Å². The molecular formula is C9H8BrClN2O3S. The van der Waals surface area contributed by atoms with E-state index in [0.717, 1.165) is 4.31 Å². The van der Waals surface area contributed by atoms with Gasteiger partial charge in [-0.1, -0.05) is 11.6 Å². The SMILES string of the molecule is O=C1CCCN1S(=O)(=O)c1cc(Br)cnc1Cl. The molecule has 1 fully saturated rings. The highest BCUT2D eigenvalue weighted by Gasteiger charge is 2.34. The Balaban J connectivity index is 2.51. The van der Waals surface area contributed by atoms with Crippen molar-refractivity contribution in [2.75, 3.05) is 6.54 Å². The minimum absolute atomic E-state index is 0.132. The van der Waals surface area contributed by atoms with Crippen molar-refractivity contribution < 1.29 is 13.2 Å². The molecule has 0 spiro atoms. The number of carbonyl (C=O) groups is 1. The zero-order chi connectivity index (χ0) is 12.6. The number of nitrogens with zero attached hydrogens (tertiary/aromatic N) is 2. The van der Waals surface area contributed by atoms with E-state index in [1.54, 1.807) is 0 Å². The van der Waals surface area contributed by atoms with Gasteiger partial charge in [-0.3, -0.25) is 4.79 Å². The van der Waals surface area contributed by atoms with E-state index in [-0.39, 0.29) is 23.0 Å². The van der Waals surface area contributed by atoms with E-state index in [2.05, 4.69) is 20.9 Å². The van der Waals surface area contributed by atoms with Crippen LogP contribution in [0, 0.1) is 0 Å². The minimum atomic E-state index is -3.88. The lowest BCUT2D eigenvalue weighted by Crippen LogP contribution is -2.32. The van der Waals surface area contributed by atoms with Crippen LogP contribution in [0.25, 0.3) is 0 Å². The van der Waals surface area contributed by atoms with Gasteiger partial charge in [0, 0.05) is 23.6 Å². The Morgan fingerprint density at radius 1 is 1.47 bits per heavy atom. The molecule has 8 heteroatoms. The second-order valence-corrected chi connectivity index (χ2v) is 6.62. The van der Waals surface area contributed by atoms with Crippen molar-refractivity contribution in [2.45, 2.75) is 17.7 Å². The fraction of sp³-hybridized carbons (Fsp3) is 0.333. The molecule has 1 amide bonds. The molecule has 1 aliphatic heterocycles. The second-order valence-electron chi connectivity index (χ2n) is 3.52. The third-order valence-corrected chi connectivity index (χ3v) is 5.05. The highest BCUT2D eigenvalue weighted by Crippen LogP contribution is 2.28. The van der Waals surface area contributed by atoms with Gasteiger partial charge in [0.2, 0.25) is 5.91 Å². The van der Waals surface area contributed by atoms with Crippen molar-refractivity contribution in [3.05, 3.63) is 21.9 Å². The first-order valence-corrected chi connectivity index (χ1v) is 7.40. The van der Waals surface area contributed by atoms with Crippen LogP contribution in [0.15, 0.2) is 21.6 Å². The van der Waals surface area contributed by atoms with Gasteiger partial charge in [-0.2, -0.15) is 0 Å². The third-order valence-electron chi connectivity index (χ3n) is 2.37. The number of halogens is 2. The molecule has 0 radical (unpaired) electrons. The number of rotatable bonds is 2. The van der Waals surface area contributed by atoms with Gasteiger partial charge in [-0.25, -0.2) is 17.7 Å². The lowest BCUT2D eigenvalue weighted by Gasteiger charge is -2.16. The van der Waals surface area contributed by atoms with E-state index >= 15 is 0 Å². The topological polar surface area (TPSA) is 67.3 Å². The lowest BCUT2D eigenvalue weighted by atomic mass is 10.4. The van der Waals surface area contributed by atoms with Crippen molar-refractivity contribution in [2.24, 2.45) is 0 Å². The molecule has 2 heterocycles. The molecule has 17 heavy (non-hydrogen) atoms. The van der Waals surface area contributed by atoms with Gasteiger partial charge in [0.05, 0.1) is 0 Å². The van der Waals surface area contributed by atoms with Gasteiger partial charge in [-0.15, -0.1) is 0 Å². The predicted octanol–water partition coefficient (Wildman–Crippen LogP) is 1.81. The number of aromatic nitrogens is 1. The Kier molecular flexibility index (Phi) is 3.42. The average Bonchev–Trinajstić information content (AvgIpc) is 2.68. The van der Waals surface area contributed by atoms with E-state index in [9.17, 15) is 13.2 Å². The molecule has 5 nitrogen and oxygen atoms in total. The minimum Gasteiger partial charge on any atom is -0.274 e. The standard InChI is InChI=1S/C9H8BrClN2O3S/c10-6-4-7(9(11)12-5-6)17(15,16)13-3-1-2-8(13)14/h4-5H,1-3H2. The first-order valence-electron chi connectivity index (χ1n) is 4.79. The summed E-state index contributed by atoms with van der Waals surface area (Å²) in [6.45, 7) is 0.198. The van der Waals surface area contributed by atoms with Crippen LogP contribution >= 0.6 is 27.5 Å². The molecule has 2 rings (SSSR count). The zero-order valence-electron chi connectivity index (χ0n) is 8.56. The maximum atomic E-state index is 12.2. The first-order chi connectivity index (χ1) is 7.93. The van der Waals surface area contributed by atoms with Gasteiger partial charge < -0.3 is 0 Å². The van der Waals surface area contributed by atoms with E-state index in [1.165, 1.54) is 12.3 Å². The normalized spacial score (nSPS) is 16.6. The zero-order valence-corrected chi connectivity index (χ0v) is 11.7. The van der Waals surface area contributed by atoms with E-state index in [4.69, 9.17) is 11.6 Å². The van der Waals surface area contributed by atoms with Crippen molar-refractivity contribution in [3.8, 4) is 0 Å². The Bertz CT molecular complexity index is 576. The van der Waals surface area contributed by atoms with Gasteiger partial charge in [0.1, 0.15) is 10.0 Å². The van der Waals surface area contributed by atoms with E-state index < -0.39 is 15.9 Å². The third kappa shape index (κ3) is 2.31. The van der Waals surface area contributed by atoms with Crippen molar-refractivity contribution in [1.29, 1.82) is 0 Å². The second kappa shape index (κ2) is 4.55. The Hall–Kier alpha value is -0.660. The summed E-state index contributed by atoms with van der Waals surface area (Å²) in [5, 5.41) is -0.132. The van der Waals surface area contributed by atoms with Gasteiger partial charge in [0.15, 0.2) is 0 Å². The smallest absolute Gasteiger partial charge is 0.269 e. The molecule has 0 atom stereocenters. The molecule has 1 saturated heterocycles. The molecule has 0 aliphatic carbocycles. The van der Waals surface area contributed by atoms with Crippen molar-refractivity contribution in [3.63, 3.8) is 0 Å². The molecule has 0 saturated carbocycles. The largest absolute Gasteiger partial charge is 0.274 e. The number of amides is 1. The summed E-state index contributed by atoms with van der Waals surface area (Å²) < 4.78 is 25.7. The summed E-state index contributed by atoms with van der Waals surface area (Å²) in [6, 6.07) is 1.34. The number of hydrogen-bond acceptors (Lipinski definition) is 4. The Morgan fingerprint density at radius 2 is 2.18 bits per heavy atom. The molecule has 0 bridgehead atoms. The molecule has 92 valence electrons. The molecule has 0 aromatic carbocycles. The monoisotopic (exact) mass is 338 g/mol. The van der Waals surface area contributed by atoms with Crippen LogP contribution in [0.5, 0.6) is 0 Å². The number of carbonyl (C=O) groups excluding carboxylic acids is 1. The Labute approximate surface area is 112 Å². The van der Waals surface area contributed by atoms with Crippen LogP contribution in [0.3, 0.4) is 0 Å². The van der Waals surface area contributed by atoms with E-state index in [0.29, 0.717) is 10.9 Å². The quantitative estimate of drug-likeness (QED) is 0.771. The first kappa shape index (κ1) is 12.8. The summed E-state index contributed by atoms with van der Waals surface area (Å²) in [5.74, 6) is -0.402. The summed E-state index contributed by atoms with van der Waals surface area (Å²) >= 11 is 8.88. The van der Waals surface area contributed by atoms with Gasteiger partial charge in [0.25, 0.3) is 10.0 Å². The summed E-state index contributed by atoms with van der Waals surface area (Å²) in [5.41, 5.74) is 0. The highest BCUT2D eigenvalue weighted by molar-refractivity contribution is 9.10. The van der Waals surface area contributed by atoms with Gasteiger partial charge in [-0.05, 0) is 28.4 Å². The number of sulfonamides is 1. The highest BCUT2D eigenvalue weighted by atomic mass is 79.9.